The van der Waals surface area contributed by atoms with Crippen LogP contribution in [0.1, 0.15) is 67.1 Å². The molecular weight excluding hydrogens is 300 g/mol. The lowest BCUT2D eigenvalue weighted by Gasteiger charge is -2.28. The molecule has 128 valence electrons. The zero-order chi connectivity index (χ0) is 17.1. The lowest BCUT2D eigenvalue weighted by molar-refractivity contribution is 0.0706. The quantitative estimate of drug-likeness (QED) is 0.846. The molecule has 0 N–H and O–H groups in total. The zero-order valence-corrected chi connectivity index (χ0v) is 14.8. The van der Waals surface area contributed by atoms with E-state index in [9.17, 15) is 4.79 Å². The highest BCUT2D eigenvalue weighted by Gasteiger charge is 2.25. The molecule has 0 radical (unpaired) electrons. The first-order chi connectivity index (χ1) is 11.6. The highest BCUT2D eigenvalue weighted by atomic mass is 16.2. The van der Waals surface area contributed by atoms with E-state index in [1.54, 1.807) is 0 Å². The first-order valence-corrected chi connectivity index (χ1v) is 8.90. The minimum absolute atomic E-state index is 0.0809. The van der Waals surface area contributed by atoms with Crippen molar-refractivity contribution < 1.29 is 4.79 Å². The molecule has 1 amide bonds. The van der Waals surface area contributed by atoms with Gasteiger partial charge < -0.3 is 9.47 Å². The molecule has 0 saturated heterocycles. The number of amides is 1. The summed E-state index contributed by atoms with van der Waals surface area (Å²) >= 11 is 0. The van der Waals surface area contributed by atoms with E-state index in [1.807, 2.05) is 17.0 Å². The third kappa shape index (κ3) is 3.35. The summed E-state index contributed by atoms with van der Waals surface area (Å²) in [6.45, 7) is 8.45. The molecule has 5 heteroatoms. The first-order valence-electron chi connectivity index (χ1n) is 8.90. The summed E-state index contributed by atoms with van der Waals surface area (Å²) in [5.74, 6) is 2.33. The fourth-order valence-corrected chi connectivity index (χ4v) is 3.16. The Labute approximate surface area is 143 Å². The molecule has 0 spiro atoms. The SMILES string of the molecule is CCCCc1ccc(C(=O)N2CCn3c(nnc3C(C)C)C2)cc1. The average Bonchev–Trinajstić information content (AvgIpc) is 3.03. The number of hydrogen-bond acceptors (Lipinski definition) is 3. The van der Waals surface area contributed by atoms with Crippen LogP contribution in [-0.4, -0.2) is 32.1 Å². The van der Waals surface area contributed by atoms with Crippen molar-refractivity contribution >= 4 is 5.91 Å². The van der Waals surface area contributed by atoms with Crippen molar-refractivity contribution in [1.82, 2.24) is 19.7 Å². The Morgan fingerprint density at radius 1 is 1.17 bits per heavy atom. The second-order valence-corrected chi connectivity index (χ2v) is 6.81. The van der Waals surface area contributed by atoms with E-state index >= 15 is 0 Å². The number of carbonyl (C=O) groups excluding carboxylic acids is 1. The molecule has 1 aromatic carbocycles. The van der Waals surface area contributed by atoms with Crippen LogP contribution < -0.4 is 0 Å². The van der Waals surface area contributed by atoms with Gasteiger partial charge in [-0.05, 0) is 30.5 Å². The number of aryl methyl sites for hydroxylation is 1. The van der Waals surface area contributed by atoms with Gasteiger partial charge in [-0.3, -0.25) is 4.79 Å². The van der Waals surface area contributed by atoms with Crippen LogP contribution in [0.25, 0.3) is 0 Å². The van der Waals surface area contributed by atoms with E-state index in [0.29, 0.717) is 19.0 Å². The van der Waals surface area contributed by atoms with Gasteiger partial charge in [-0.2, -0.15) is 0 Å². The number of fused-ring (bicyclic) bond motifs is 1. The van der Waals surface area contributed by atoms with Crippen LogP contribution in [0.15, 0.2) is 24.3 Å². The molecule has 0 fully saturated rings. The summed E-state index contributed by atoms with van der Waals surface area (Å²) in [5, 5.41) is 8.55. The molecule has 1 aliphatic rings. The van der Waals surface area contributed by atoms with E-state index in [2.05, 4.69) is 47.7 Å². The van der Waals surface area contributed by atoms with Crippen LogP contribution >= 0.6 is 0 Å². The molecule has 2 aromatic rings. The van der Waals surface area contributed by atoms with Crippen LogP contribution in [0, 0.1) is 0 Å². The van der Waals surface area contributed by atoms with Crippen LogP contribution in [-0.2, 0) is 19.5 Å². The second-order valence-electron chi connectivity index (χ2n) is 6.81. The maximum absolute atomic E-state index is 12.7. The Morgan fingerprint density at radius 3 is 2.58 bits per heavy atom. The van der Waals surface area contributed by atoms with Crippen molar-refractivity contribution in [2.24, 2.45) is 0 Å². The van der Waals surface area contributed by atoms with Crippen LogP contribution in [0.2, 0.25) is 0 Å². The fourth-order valence-electron chi connectivity index (χ4n) is 3.16. The van der Waals surface area contributed by atoms with Gasteiger partial charge in [-0.25, -0.2) is 0 Å². The molecule has 0 aliphatic carbocycles. The van der Waals surface area contributed by atoms with Crippen molar-refractivity contribution in [3.05, 3.63) is 47.0 Å². The zero-order valence-electron chi connectivity index (χ0n) is 14.8. The molecule has 24 heavy (non-hydrogen) atoms. The number of unbranched alkanes of at least 4 members (excludes halogenated alkanes) is 1. The molecule has 5 nitrogen and oxygen atoms in total. The number of benzene rings is 1. The standard InChI is InChI=1S/C19H26N4O/c1-4-5-6-15-7-9-16(10-8-15)19(24)22-11-12-23-17(13-22)20-21-18(23)14(2)3/h7-10,14H,4-6,11-13H2,1-3H3. The van der Waals surface area contributed by atoms with Gasteiger partial charge in [0.2, 0.25) is 0 Å². The van der Waals surface area contributed by atoms with Gasteiger partial charge in [0.15, 0.2) is 5.82 Å². The largest absolute Gasteiger partial charge is 0.329 e. The Balaban J connectivity index is 1.69. The molecule has 0 atom stereocenters. The number of hydrogen-bond donors (Lipinski definition) is 0. The summed E-state index contributed by atoms with van der Waals surface area (Å²) in [6, 6.07) is 8.05. The van der Waals surface area contributed by atoms with E-state index in [-0.39, 0.29) is 5.91 Å². The smallest absolute Gasteiger partial charge is 0.254 e. The highest BCUT2D eigenvalue weighted by molar-refractivity contribution is 5.94. The lowest BCUT2D eigenvalue weighted by atomic mass is 10.1. The molecule has 2 heterocycles. The Hall–Kier alpha value is -2.17. The molecule has 1 aliphatic heterocycles. The molecular formula is C19H26N4O. The van der Waals surface area contributed by atoms with E-state index in [4.69, 9.17) is 0 Å². The maximum Gasteiger partial charge on any atom is 0.254 e. The summed E-state index contributed by atoms with van der Waals surface area (Å²) < 4.78 is 2.16. The van der Waals surface area contributed by atoms with Gasteiger partial charge >= 0.3 is 0 Å². The van der Waals surface area contributed by atoms with Crippen molar-refractivity contribution in [3.63, 3.8) is 0 Å². The molecule has 0 unspecified atom stereocenters. The van der Waals surface area contributed by atoms with Crippen LogP contribution in [0.4, 0.5) is 0 Å². The van der Waals surface area contributed by atoms with Gasteiger partial charge in [0, 0.05) is 24.6 Å². The normalized spacial score (nSPS) is 14.1. The number of rotatable bonds is 5. The third-order valence-electron chi connectivity index (χ3n) is 4.61. The Kier molecular flexibility index (Phi) is 4.97. The summed E-state index contributed by atoms with van der Waals surface area (Å²) in [6.07, 6.45) is 3.45. The predicted octanol–water partition coefficient (Wildman–Crippen LogP) is 3.40. The third-order valence-corrected chi connectivity index (χ3v) is 4.61. The van der Waals surface area contributed by atoms with Gasteiger partial charge in [0.05, 0.1) is 6.54 Å². The van der Waals surface area contributed by atoms with E-state index < -0.39 is 0 Å². The van der Waals surface area contributed by atoms with Gasteiger partial charge in [0.25, 0.3) is 5.91 Å². The summed E-state index contributed by atoms with van der Waals surface area (Å²) in [7, 11) is 0. The number of carbonyl (C=O) groups is 1. The molecule has 1 aromatic heterocycles. The first kappa shape index (κ1) is 16.7. The highest BCUT2D eigenvalue weighted by Crippen LogP contribution is 2.20. The van der Waals surface area contributed by atoms with Crippen molar-refractivity contribution in [2.75, 3.05) is 6.54 Å². The fraction of sp³-hybridized carbons (Fsp3) is 0.526. The Bertz CT molecular complexity index is 703. The van der Waals surface area contributed by atoms with E-state index in [0.717, 1.165) is 30.2 Å². The minimum Gasteiger partial charge on any atom is -0.329 e. The second kappa shape index (κ2) is 7.16. The predicted molar refractivity (Wildman–Crippen MR) is 93.9 cm³/mol. The lowest BCUT2D eigenvalue weighted by Crippen LogP contribution is -2.38. The van der Waals surface area contributed by atoms with Gasteiger partial charge in [-0.1, -0.05) is 39.3 Å². The van der Waals surface area contributed by atoms with Gasteiger partial charge in [-0.15, -0.1) is 10.2 Å². The molecule has 3 rings (SSSR count). The number of nitrogens with zero attached hydrogens (tertiary/aromatic N) is 4. The van der Waals surface area contributed by atoms with Crippen molar-refractivity contribution in [3.8, 4) is 0 Å². The maximum atomic E-state index is 12.7. The number of aromatic nitrogens is 3. The topological polar surface area (TPSA) is 51.0 Å². The molecule has 0 saturated carbocycles. The molecule has 0 bridgehead atoms. The monoisotopic (exact) mass is 326 g/mol. The Morgan fingerprint density at radius 2 is 1.92 bits per heavy atom. The summed E-state index contributed by atoms with van der Waals surface area (Å²) in [5.41, 5.74) is 2.06. The summed E-state index contributed by atoms with van der Waals surface area (Å²) in [4.78, 5) is 14.6. The van der Waals surface area contributed by atoms with Crippen LogP contribution in [0.3, 0.4) is 0 Å². The van der Waals surface area contributed by atoms with Gasteiger partial charge in [0.1, 0.15) is 5.82 Å². The van der Waals surface area contributed by atoms with Crippen molar-refractivity contribution in [1.29, 1.82) is 0 Å². The van der Waals surface area contributed by atoms with Crippen LogP contribution in [0.5, 0.6) is 0 Å². The van der Waals surface area contributed by atoms with Crippen molar-refractivity contribution in [2.45, 2.75) is 59.0 Å². The minimum atomic E-state index is 0.0809. The average molecular weight is 326 g/mol. The van der Waals surface area contributed by atoms with E-state index in [1.165, 1.54) is 18.4 Å².